The Bertz CT molecular complexity index is 8760. The van der Waals surface area contributed by atoms with E-state index in [1.54, 1.807) is 0 Å². The summed E-state index contributed by atoms with van der Waals surface area (Å²) in [6.45, 7) is 0. The van der Waals surface area contributed by atoms with Gasteiger partial charge >= 0.3 is 0 Å². The second kappa shape index (κ2) is 26.0. The third-order valence-electron chi connectivity index (χ3n) is 24.0. The molecule has 6 nitrogen and oxygen atoms in total. The Balaban J connectivity index is 0.0000000980. The van der Waals surface area contributed by atoms with Crippen molar-refractivity contribution in [3.8, 4) is 50.4 Å². The highest BCUT2D eigenvalue weighted by molar-refractivity contribution is 7.26. The Morgan fingerprint density at radius 2 is 0.590 bits per heavy atom. The van der Waals surface area contributed by atoms with Crippen LogP contribution in [0.2, 0.25) is 0 Å². The van der Waals surface area contributed by atoms with Gasteiger partial charge in [-0.2, -0.15) is 0 Å². The minimum Gasteiger partial charge on any atom is -0.456 e. The van der Waals surface area contributed by atoms with Crippen molar-refractivity contribution < 1.29 is 13.3 Å². The first-order valence-electron chi connectivity index (χ1n) is 39.6. The quantitative estimate of drug-likeness (QED) is 0.167. The zero-order valence-corrected chi connectivity index (χ0v) is 65.1. The van der Waals surface area contributed by atoms with Crippen molar-refractivity contribution in [3.63, 3.8) is 0 Å². The molecule has 0 aliphatic carbocycles. The van der Waals surface area contributed by atoms with E-state index in [0.717, 1.165) is 82.6 Å². The van der Waals surface area contributed by atoms with E-state index in [1.165, 1.54) is 160 Å². The summed E-state index contributed by atoms with van der Waals surface area (Å²) >= 11 is 5.62. The standard InChI is InChI=1S/3C36H21NOS/c1-4-13-29-27(9-1)34-30(20-21-33-35(34)28-10-3-6-15-32(28)39-33)37(29)23-18-16-22(17-19-23)24-11-7-12-26-25-8-2-5-14-31(25)38-36(24)26;1-4-10-30-25(7-1)27-18-20-34-35(28-9-3-6-12-33(28)39-34)36(27)37(30)24-16-13-22(14-17-24)23-15-19-32-29(21-23)26-8-2-5-11-31(26)38-32;1-4-10-31-25(7-1)28-20-30-27-9-3-6-12-35(27)39-36(30)21-32(28)37(31)24-16-13-22(14-17-24)23-15-18-34-29(19-23)26-8-2-5-11-33(26)38-34/h3*1-21H. The lowest BCUT2D eigenvalue weighted by Gasteiger charge is -2.10. The van der Waals surface area contributed by atoms with Crippen molar-refractivity contribution in [1.82, 2.24) is 13.7 Å². The highest BCUT2D eigenvalue weighted by atomic mass is 32.1. The van der Waals surface area contributed by atoms with E-state index in [2.05, 4.69) is 359 Å². The SMILES string of the molecule is c1ccc2c(c1)oc1c(-c3ccc(-n4c5ccccc5c5c6c(ccc54)sc4ccccc46)cc3)cccc12.c1ccc2c(c1)oc1ccc(-c3ccc(-n4c5ccccc5c5cc6c(cc54)sc4ccccc46)cc3)cc12.c1ccc2c(c1)oc1ccc(-c3ccc(-n4c5ccccc5c5ccc6sc7ccccc7c6c54)cc3)cc12. The molecule has 0 bridgehead atoms. The van der Waals surface area contributed by atoms with Crippen molar-refractivity contribution in [1.29, 1.82) is 0 Å². The number of thiophene rings is 3. The molecule has 0 amide bonds. The first kappa shape index (κ1) is 65.9. The molecule has 0 fully saturated rings. The Kier molecular flexibility index (Phi) is 14.6. The van der Waals surface area contributed by atoms with Gasteiger partial charge in [-0.3, -0.25) is 0 Å². The highest BCUT2D eigenvalue weighted by Gasteiger charge is 2.23. The van der Waals surface area contributed by atoms with Crippen LogP contribution in [-0.2, 0) is 0 Å². The van der Waals surface area contributed by atoms with Gasteiger partial charge in [0.1, 0.15) is 33.5 Å². The molecule has 0 N–H and O–H groups in total. The van der Waals surface area contributed by atoms with E-state index < -0.39 is 0 Å². The number of rotatable bonds is 6. The van der Waals surface area contributed by atoms with Gasteiger partial charge in [0.25, 0.3) is 0 Å². The molecule has 0 unspecified atom stereocenters. The van der Waals surface area contributed by atoms with Crippen LogP contribution in [0.3, 0.4) is 0 Å². The molecule has 9 heteroatoms. The average molecular weight is 1550 g/mol. The maximum Gasteiger partial charge on any atom is 0.143 e. The van der Waals surface area contributed by atoms with Gasteiger partial charge in [-0.25, -0.2) is 0 Å². The van der Waals surface area contributed by atoms with E-state index in [1.807, 2.05) is 70.4 Å². The van der Waals surface area contributed by atoms with E-state index in [0.29, 0.717) is 0 Å². The fourth-order valence-electron chi connectivity index (χ4n) is 18.7. The van der Waals surface area contributed by atoms with Crippen LogP contribution in [0, 0.1) is 0 Å². The van der Waals surface area contributed by atoms with E-state index in [9.17, 15) is 0 Å². The van der Waals surface area contributed by atoms with Crippen LogP contribution in [0.1, 0.15) is 0 Å². The fraction of sp³-hybridized carbons (Fsp3) is 0. The van der Waals surface area contributed by atoms with Crippen molar-refractivity contribution in [2.45, 2.75) is 0 Å². The lowest BCUT2D eigenvalue weighted by atomic mass is 10.0. The largest absolute Gasteiger partial charge is 0.456 e. The molecule has 27 rings (SSSR count). The summed E-state index contributed by atoms with van der Waals surface area (Å²) in [5.74, 6) is 0. The molecule has 0 saturated heterocycles. The van der Waals surface area contributed by atoms with Gasteiger partial charge in [-0.15, -0.1) is 34.0 Å². The minimum absolute atomic E-state index is 0.925. The molecule has 0 saturated carbocycles. The molecule has 18 aromatic carbocycles. The van der Waals surface area contributed by atoms with Crippen molar-refractivity contribution in [2.75, 3.05) is 0 Å². The fourth-order valence-corrected chi connectivity index (χ4v) is 22.1. The summed E-state index contributed by atoms with van der Waals surface area (Å²) in [4.78, 5) is 0. The Morgan fingerprint density at radius 1 is 0.179 bits per heavy atom. The van der Waals surface area contributed by atoms with Gasteiger partial charge in [0, 0.05) is 148 Å². The van der Waals surface area contributed by atoms with Crippen molar-refractivity contribution in [2.24, 2.45) is 0 Å². The highest BCUT2D eigenvalue weighted by Crippen LogP contribution is 2.48. The number of hydrogen-bond acceptors (Lipinski definition) is 6. The molecule has 117 heavy (non-hydrogen) atoms. The molecule has 0 aliphatic rings. The molecule has 546 valence electrons. The molecule has 0 radical (unpaired) electrons. The topological polar surface area (TPSA) is 54.2 Å². The molecular formula is C108H63N3O3S3. The summed E-state index contributed by atoms with van der Waals surface area (Å²) in [6, 6.07) is 137. The molecule has 27 aromatic rings. The minimum atomic E-state index is 0.925. The summed E-state index contributed by atoms with van der Waals surface area (Å²) in [6.07, 6.45) is 0. The summed E-state index contributed by atoms with van der Waals surface area (Å²) < 4.78 is 33.7. The number of hydrogen-bond donors (Lipinski definition) is 0. The Labute approximate surface area is 680 Å². The number of benzene rings is 18. The number of para-hydroxylation sites is 7. The lowest BCUT2D eigenvalue weighted by Crippen LogP contribution is -1.94. The van der Waals surface area contributed by atoms with E-state index >= 15 is 0 Å². The van der Waals surface area contributed by atoms with Crippen LogP contribution in [0.25, 0.3) is 242 Å². The predicted octanol–water partition coefficient (Wildman–Crippen LogP) is 32.2. The number of aromatic nitrogens is 3. The van der Waals surface area contributed by atoms with Crippen LogP contribution in [0.5, 0.6) is 0 Å². The average Bonchev–Trinajstić information content (AvgIpc) is 1.57. The maximum atomic E-state index is 6.32. The molecule has 0 aliphatic heterocycles. The first-order chi connectivity index (χ1) is 58.0. The lowest BCUT2D eigenvalue weighted by molar-refractivity contribution is 0.668. The normalized spacial score (nSPS) is 12.1. The zero-order chi connectivity index (χ0) is 76.5. The third-order valence-corrected chi connectivity index (χ3v) is 27.4. The van der Waals surface area contributed by atoms with Gasteiger partial charge in [-0.05, 0) is 173 Å². The van der Waals surface area contributed by atoms with Crippen molar-refractivity contribution >= 4 is 226 Å². The van der Waals surface area contributed by atoms with Gasteiger partial charge in [0.15, 0.2) is 0 Å². The van der Waals surface area contributed by atoms with Crippen LogP contribution in [0.4, 0.5) is 0 Å². The zero-order valence-electron chi connectivity index (χ0n) is 62.7. The second-order valence-electron chi connectivity index (χ2n) is 30.4. The van der Waals surface area contributed by atoms with Gasteiger partial charge in [-0.1, -0.05) is 237 Å². The van der Waals surface area contributed by atoms with Crippen LogP contribution >= 0.6 is 34.0 Å². The monoisotopic (exact) mass is 1550 g/mol. The molecule has 9 aromatic heterocycles. The van der Waals surface area contributed by atoms with Gasteiger partial charge in [0.05, 0.1) is 33.1 Å². The van der Waals surface area contributed by atoms with Crippen LogP contribution in [0.15, 0.2) is 395 Å². The number of furan rings is 3. The molecule has 9 heterocycles. The molecule has 0 spiro atoms. The summed E-state index contributed by atoms with van der Waals surface area (Å²) in [5.41, 5.74) is 23.5. The van der Waals surface area contributed by atoms with Crippen molar-refractivity contribution in [3.05, 3.63) is 382 Å². The van der Waals surface area contributed by atoms with Gasteiger partial charge in [0.2, 0.25) is 0 Å². The molecular weight excluding hydrogens is 1480 g/mol. The van der Waals surface area contributed by atoms with Gasteiger partial charge < -0.3 is 27.0 Å². The number of fused-ring (bicyclic) bond motifs is 29. The van der Waals surface area contributed by atoms with Crippen LogP contribution in [-0.4, -0.2) is 13.7 Å². The maximum absolute atomic E-state index is 6.32. The summed E-state index contributed by atoms with van der Waals surface area (Å²) in [7, 11) is 0. The Hall–Kier alpha value is -14.6. The second-order valence-corrected chi connectivity index (χ2v) is 33.7. The van der Waals surface area contributed by atoms with E-state index in [4.69, 9.17) is 13.3 Å². The van der Waals surface area contributed by atoms with Crippen LogP contribution < -0.4 is 0 Å². The first-order valence-corrected chi connectivity index (χ1v) is 42.0. The number of nitrogens with zero attached hydrogens (tertiary/aromatic N) is 3. The van der Waals surface area contributed by atoms with E-state index in [-0.39, 0.29) is 0 Å². The third kappa shape index (κ3) is 10.3. The molecule has 0 atom stereocenters. The smallest absolute Gasteiger partial charge is 0.143 e. The summed E-state index contributed by atoms with van der Waals surface area (Å²) in [5, 5.41) is 22.7. The predicted molar refractivity (Wildman–Crippen MR) is 499 cm³/mol. The Morgan fingerprint density at radius 3 is 1.20 bits per heavy atom.